The fourth-order valence-electron chi connectivity index (χ4n) is 2.58. The van der Waals surface area contributed by atoms with Gasteiger partial charge in [-0.05, 0) is 44.5 Å². The zero-order valence-corrected chi connectivity index (χ0v) is 10.5. The van der Waals surface area contributed by atoms with Crippen LogP contribution in [0.1, 0.15) is 25.8 Å². The molecule has 1 aliphatic rings. The molecule has 1 heterocycles. The van der Waals surface area contributed by atoms with Crippen LogP contribution in [-0.4, -0.2) is 18.1 Å². The molecule has 1 atom stereocenters. The standard InChI is InChI=1S/C13H17F3N2/c1-12(2)7-10(17)8-18(12)11-5-3-9(4-6-11)13(14,15)16/h3-6,10H,7-8,17H2,1-2H3. The van der Waals surface area contributed by atoms with E-state index in [1.165, 1.54) is 12.1 Å². The molecule has 0 spiro atoms. The smallest absolute Gasteiger partial charge is 0.365 e. The minimum absolute atomic E-state index is 0.0716. The van der Waals surface area contributed by atoms with Gasteiger partial charge in [-0.1, -0.05) is 0 Å². The third kappa shape index (κ3) is 2.46. The van der Waals surface area contributed by atoms with Crippen LogP contribution in [-0.2, 0) is 6.18 Å². The molecule has 1 fully saturated rings. The maximum Gasteiger partial charge on any atom is 0.416 e. The Kier molecular flexibility index (Phi) is 3.05. The van der Waals surface area contributed by atoms with Gasteiger partial charge in [0.25, 0.3) is 0 Å². The Labute approximate surface area is 105 Å². The van der Waals surface area contributed by atoms with E-state index in [1.54, 1.807) is 0 Å². The Morgan fingerprint density at radius 3 is 2.17 bits per heavy atom. The summed E-state index contributed by atoms with van der Waals surface area (Å²) in [5.74, 6) is 0. The Morgan fingerprint density at radius 1 is 1.22 bits per heavy atom. The van der Waals surface area contributed by atoms with Gasteiger partial charge in [0.2, 0.25) is 0 Å². The Bertz CT molecular complexity index is 423. The molecule has 2 N–H and O–H groups in total. The number of anilines is 1. The van der Waals surface area contributed by atoms with Crippen molar-refractivity contribution in [3.05, 3.63) is 29.8 Å². The number of nitrogens with two attached hydrogens (primary N) is 1. The Balaban J connectivity index is 2.25. The van der Waals surface area contributed by atoms with Crippen LogP contribution in [0.2, 0.25) is 0 Å². The van der Waals surface area contributed by atoms with E-state index in [0.717, 1.165) is 24.2 Å². The van der Waals surface area contributed by atoms with Crippen molar-refractivity contribution < 1.29 is 13.2 Å². The van der Waals surface area contributed by atoms with Gasteiger partial charge in [0, 0.05) is 23.8 Å². The number of nitrogens with zero attached hydrogens (tertiary/aromatic N) is 1. The normalized spacial score (nSPS) is 23.4. The van der Waals surface area contributed by atoms with Gasteiger partial charge in [-0.25, -0.2) is 0 Å². The van der Waals surface area contributed by atoms with Gasteiger partial charge in [-0.15, -0.1) is 0 Å². The third-order valence-electron chi connectivity index (χ3n) is 3.42. The van der Waals surface area contributed by atoms with E-state index >= 15 is 0 Å². The molecule has 2 rings (SSSR count). The molecule has 1 unspecified atom stereocenters. The van der Waals surface area contributed by atoms with E-state index in [2.05, 4.69) is 18.7 Å². The molecule has 0 amide bonds. The lowest BCUT2D eigenvalue weighted by Gasteiger charge is -2.33. The maximum atomic E-state index is 12.5. The van der Waals surface area contributed by atoms with Crippen LogP contribution in [0.5, 0.6) is 0 Å². The van der Waals surface area contributed by atoms with Gasteiger partial charge >= 0.3 is 6.18 Å². The molecular weight excluding hydrogens is 241 g/mol. The summed E-state index contributed by atoms with van der Waals surface area (Å²) < 4.78 is 37.4. The number of rotatable bonds is 1. The lowest BCUT2D eigenvalue weighted by molar-refractivity contribution is -0.137. The molecular formula is C13H17F3N2. The summed E-state index contributed by atoms with van der Waals surface area (Å²) in [6.45, 7) is 4.79. The average Bonchev–Trinajstić information content (AvgIpc) is 2.51. The lowest BCUT2D eigenvalue weighted by Crippen LogP contribution is -2.38. The fourth-order valence-corrected chi connectivity index (χ4v) is 2.58. The number of hydrogen-bond donors (Lipinski definition) is 1. The molecule has 1 aliphatic heterocycles. The van der Waals surface area contributed by atoms with E-state index in [9.17, 15) is 13.2 Å². The molecule has 0 bridgehead atoms. The molecule has 5 heteroatoms. The van der Waals surface area contributed by atoms with Crippen LogP contribution in [0.15, 0.2) is 24.3 Å². The predicted molar refractivity (Wildman–Crippen MR) is 65.5 cm³/mol. The number of alkyl halides is 3. The Morgan fingerprint density at radius 2 is 1.78 bits per heavy atom. The summed E-state index contributed by atoms with van der Waals surface area (Å²) >= 11 is 0. The van der Waals surface area contributed by atoms with Gasteiger partial charge < -0.3 is 10.6 Å². The zero-order valence-electron chi connectivity index (χ0n) is 10.5. The highest BCUT2D eigenvalue weighted by Crippen LogP contribution is 2.35. The second-order valence-electron chi connectivity index (χ2n) is 5.43. The van der Waals surface area contributed by atoms with Crippen LogP contribution in [0.25, 0.3) is 0 Å². The first-order valence-corrected chi connectivity index (χ1v) is 5.91. The predicted octanol–water partition coefficient (Wildman–Crippen LogP) is 3.02. The number of halogens is 3. The van der Waals surface area contributed by atoms with Crippen molar-refractivity contribution in [2.24, 2.45) is 5.73 Å². The highest BCUT2D eigenvalue weighted by molar-refractivity contribution is 5.52. The second-order valence-corrected chi connectivity index (χ2v) is 5.43. The van der Waals surface area contributed by atoms with Crippen molar-refractivity contribution >= 4 is 5.69 Å². The van der Waals surface area contributed by atoms with Crippen LogP contribution >= 0.6 is 0 Å². The molecule has 0 aromatic heterocycles. The second kappa shape index (κ2) is 4.16. The lowest BCUT2D eigenvalue weighted by atomic mass is 10.00. The number of hydrogen-bond acceptors (Lipinski definition) is 2. The largest absolute Gasteiger partial charge is 0.416 e. The molecule has 2 nitrogen and oxygen atoms in total. The molecule has 0 radical (unpaired) electrons. The molecule has 0 aliphatic carbocycles. The minimum atomic E-state index is -4.28. The minimum Gasteiger partial charge on any atom is -0.365 e. The van der Waals surface area contributed by atoms with Crippen molar-refractivity contribution in [1.29, 1.82) is 0 Å². The summed E-state index contributed by atoms with van der Waals surface area (Å²) in [5, 5.41) is 0. The first kappa shape index (κ1) is 13.2. The quantitative estimate of drug-likeness (QED) is 0.839. The maximum absolute atomic E-state index is 12.5. The van der Waals surface area contributed by atoms with Crippen LogP contribution in [0, 0.1) is 0 Å². The number of benzene rings is 1. The van der Waals surface area contributed by atoms with E-state index in [-0.39, 0.29) is 11.6 Å². The van der Waals surface area contributed by atoms with E-state index in [4.69, 9.17) is 5.73 Å². The van der Waals surface area contributed by atoms with E-state index < -0.39 is 11.7 Å². The first-order chi connectivity index (χ1) is 8.20. The van der Waals surface area contributed by atoms with Crippen molar-refractivity contribution in [1.82, 2.24) is 0 Å². The summed E-state index contributed by atoms with van der Waals surface area (Å²) in [4.78, 5) is 2.07. The van der Waals surface area contributed by atoms with Crippen molar-refractivity contribution in [2.45, 2.75) is 38.0 Å². The Hall–Kier alpha value is -1.23. The van der Waals surface area contributed by atoms with Gasteiger partial charge in [0.15, 0.2) is 0 Å². The first-order valence-electron chi connectivity index (χ1n) is 5.91. The zero-order chi connectivity index (χ0) is 13.6. The highest BCUT2D eigenvalue weighted by Gasteiger charge is 2.37. The summed E-state index contributed by atoms with van der Waals surface area (Å²) in [5.41, 5.74) is 5.98. The fraction of sp³-hybridized carbons (Fsp3) is 0.538. The molecule has 100 valence electrons. The van der Waals surface area contributed by atoms with Crippen molar-refractivity contribution in [3.8, 4) is 0 Å². The molecule has 18 heavy (non-hydrogen) atoms. The van der Waals surface area contributed by atoms with Gasteiger partial charge in [-0.2, -0.15) is 13.2 Å². The topological polar surface area (TPSA) is 29.3 Å². The van der Waals surface area contributed by atoms with Gasteiger partial charge in [0.05, 0.1) is 5.56 Å². The monoisotopic (exact) mass is 258 g/mol. The van der Waals surface area contributed by atoms with E-state index in [0.29, 0.717) is 6.54 Å². The summed E-state index contributed by atoms with van der Waals surface area (Å²) in [6, 6.07) is 5.35. The third-order valence-corrected chi connectivity index (χ3v) is 3.42. The van der Waals surface area contributed by atoms with E-state index in [1.807, 2.05) is 0 Å². The van der Waals surface area contributed by atoms with Crippen molar-refractivity contribution in [2.75, 3.05) is 11.4 Å². The molecule has 1 aromatic carbocycles. The van der Waals surface area contributed by atoms with Gasteiger partial charge in [-0.3, -0.25) is 0 Å². The SMILES string of the molecule is CC1(C)CC(N)CN1c1ccc(C(F)(F)F)cc1. The average molecular weight is 258 g/mol. The van der Waals surface area contributed by atoms with Crippen LogP contribution < -0.4 is 10.6 Å². The van der Waals surface area contributed by atoms with Crippen LogP contribution in [0.3, 0.4) is 0 Å². The van der Waals surface area contributed by atoms with Gasteiger partial charge in [0.1, 0.15) is 0 Å². The van der Waals surface area contributed by atoms with Crippen LogP contribution in [0.4, 0.5) is 18.9 Å². The molecule has 0 saturated carbocycles. The molecule has 1 aromatic rings. The summed E-state index contributed by atoms with van der Waals surface area (Å²) in [7, 11) is 0. The summed E-state index contributed by atoms with van der Waals surface area (Å²) in [6.07, 6.45) is -3.44. The highest BCUT2D eigenvalue weighted by atomic mass is 19.4. The molecule has 1 saturated heterocycles. The van der Waals surface area contributed by atoms with Crippen molar-refractivity contribution in [3.63, 3.8) is 0 Å².